The van der Waals surface area contributed by atoms with E-state index in [1.807, 2.05) is 19.0 Å². The molecule has 0 amide bonds. The van der Waals surface area contributed by atoms with Crippen molar-refractivity contribution in [2.24, 2.45) is 0 Å². The average Bonchev–Trinajstić information content (AvgIpc) is 2.09. The minimum atomic E-state index is -0.874. The van der Waals surface area contributed by atoms with E-state index in [1.54, 1.807) is 6.07 Å². The largest absolute Gasteiger partial charge is 0.505 e. The standard InChI is InChI=1S/C11H16FNO2/c1-7(14)9-4-8(6-13(2)3)5-10(12)11(9)15/h4-5,7,14-15H,6H2,1-3H3. The first-order valence-electron chi connectivity index (χ1n) is 4.76. The zero-order valence-electron chi connectivity index (χ0n) is 9.16. The van der Waals surface area contributed by atoms with Crippen molar-refractivity contribution >= 4 is 0 Å². The van der Waals surface area contributed by atoms with Crippen LogP contribution in [-0.4, -0.2) is 29.2 Å². The molecule has 2 N–H and O–H groups in total. The SMILES string of the molecule is CC(O)c1cc(CN(C)C)cc(F)c1O. The molecule has 84 valence electrons. The summed E-state index contributed by atoms with van der Waals surface area (Å²) in [5.41, 5.74) is 0.957. The summed E-state index contributed by atoms with van der Waals surface area (Å²) in [4.78, 5) is 1.89. The van der Waals surface area contributed by atoms with E-state index in [1.165, 1.54) is 13.0 Å². The maximum absolute atomic E-state index is 13.3. The lowest BCUT2D eigenvalue weighted by Crippen LogP contribution is -2.11. The topological polar surface area (TPSA) is 43.7 Å². The molecule has 0 radical (unpaired) electrons. The second-order valence-corrected chi connectivity index (χ2v) is 3.93. The molecule has 0 saturated heterocycles. The van der Waals surface area contributed by atoms with Crippen molar-refractivity contribution in [2.75, 3.05) is 14.1 Å². The van der Waals surface area contributed by atoms with E-state index >= 15 is 0 Å². The van der Waals surface area contributed by atoms with Crippen molar-refractivity contribution in [2.45, 2.75) is 19.6 Å². The quantitative estimate of drug-likeness (QED) is 0.802. The van der Waals surface area contributed by atoms with Crippen LogP contribution in [0.2, 0.25) is 0 Å². The Bertz CT molecular complexity index is 351. The highest BCUT2D eigenvalue weighted by molar-refractivity contribution is 5.38. The zero-order valence-corrected chi connectivity index (χ0v) is 9.16. The average molecular weight is 213 g/mol. The maximum Gasteiger partial charge on any atom is 0.165 e. The van der Waals surface area contributed by atoms with Crippen molar-refractivity contribution in [3.63, 3.8) is 0 Å². The third-order valence-corrected chi connectivity index (χ3v) is 2.10. The van der Waals surface area contributed by atoms with Crippen molar-refractivity contribution in [3.05, 3.63) is 29.1 Å². The van der Waals surface area contributed by atoms with Gasteiger partial charge in [-0.15, -0.1) is 0 Å². The van der Waals surface area contributed by atoms with Crippen LogP contribution >= 0.6 is 0 Å². The molecule has 3 nitrogen and oxygen atoms in total. The number of phenolic OH excluding ortho intramolecular Hbond substituents is 1. The Labute approximate surface area is 88.8 Å². The Kier molecular flexibility index (Phi) is 3.66. The van der Waals surface area contributed by atoms with Gasteiger partial charge in [0.15, 0.2) is 11.6 Å². The highest BCUT2D eigenvalue weighted by Crippen LogP contribution is 2.28. The lowest BCUT2D eigenvalue weighted by Gasteiger charge is -2.14. The molecule has 1 rings (SSSR count). The number of aliphatic hydroxyl groups excluding tert-OH is 1. The number of nitrogens with zero attached hydrogens (tertiary/aromatic N) is 1. The van der Waals surface area contributed by atoms with Gasteiger partial charge in [-0.25, -0.2) is 4.39 Å². The van der Waals surface area contributed by atoms with Crippen molar-refractivity contribution < 1.29 is 14.6 Å². The molecule has 4 heteroatoms. The van der Waals surface area contributed by atoms with E-state index < -0.39 is 17.7 Å². The Morgan fingerprint density at radius 2 is 2.00 bits per heavy atom. The molecule has 0 bridgehead atoms. The monoisotopic (exact) mass is 213 g/mol. The predicted molar refractivity (Wildman–Crippen MR) is 56.1 cm³/mol. The summed E-state index contributed by atoms with van der Waals surface area (Å²) in [5.74, 6) is -1.15. The van der Waals surface area contributed by atoms with Gasteiger partial charge in [0.05, 0.1) is 6.10 Å². The van der Waals surface area contributed by atoms with Crippen LogP contribution < -0.4 is 0 Å². The molecule has 15 heavy (non-hydrogen) atoms. The van der Waals surface area contributed by atoms with Crippen LogP contribution in [0, 0.1) is 5.82 Å². The van der Waals surface area contributed by atoms with Gasteiger partial charge in [0, 0.05) is 12.1 Å². The van der Waals surface area contributed by atoms with Crippen LogP contribution in [0.4, 0.5) is 4.39 Å². The molecule has 1 aromatic rings. The van der Waals surface area contributed by atoms with Gasteiger partial charge in [0.2, 0.25) is 0 Å². The normalized spacial score (nSPS) is 13.2. The molecule has 1 aromatic carbocycles. The van der Waals surface area contributed by atoms with E-state index in [-0.39, 0.29) is 5.56 Å². The predicted octanol–water partition coefficient (Wildman–Crippen LogP) is 1.65. The molecular weight excluding hydrogens is 197 g/mol. The van der Waals surface area contributed by atoms with Gasteiger partial charge < -0.3 is 15.1 Å². The van der Waals surface area contributed by atoms with Crippen LogP contribution in [0.3, 0.4) is 0 Å². The molecule has 0 spiro atoms. The number of hydrogen-bond donors (Lipinski definition) is 2. The molecule has 0 saturated carbocycles. The summed E-state index contributed by atoms with van der Waals surface area (Å²) >= 11 is 0. The summed E-state index contributed by atoms with van der Waals surface area (Å²) in [7, 11) is 3.74. The summed E-state index contributed by atoms with van der Waals surface area (Å²) in [6.07, 6.45) is -0.874. The third-order valence-electron chi connectivity index (χ3n) is 2.10. The Morgan fingerprint density at radius 3 is 2.47 bits per heavy atom. The second-order valence-electron chi connectivity index (χ2n) is 3.93. The summed E-state index contributed by atoms with van der Waals surface area (Å²) in [6.45, 7) is 2.06. The molecule has 1 atom stereocenters. The van der Waals surface area contributed by atoms with E-state index in [9.17, 15) is 14.6 Å². The minimum absolute atomic E-state index is 0.229. The number of halogens is 1. The van der Waals surface area contributed by atoms with Crippen LogP contribution in [0.1, 0.15) is 24.2 Å². The Morgan fingerprint density at radius 1 is 1.40 bits per heavy atom. The smallest absolute Gasteiger partial charge is 0.165 e. The third kappa shape index (κ3) is 2.91. The van der Waals surface area contributed by atoms with Crippen LogP contribution in [0.25, 0.3) is 0 Å². The molecule has 0 fully saturated rings. The Hall–Kier alpha value is -1.13. The van der Waals surface area contributed by atoms with Gasteiger partial charge in [-0.1, -0.05) is 0 Å². The van der Waals surface area contributed by atoms with Crippen LogP contribution in [0.5, 0.6) is 5.75 Å². The maximum atomic E-state index is 13.3. The fraction of sp³-hybridized carbons (Fsp3) is 0.455. The van der Waals surface area contributed by atoms with E-state index in [2.05, 4.69) is 0 Å². The lowest BCUT2D eigenvalue weighted by atomic mass is 10.0. The molecule has 0 aliphatic rings. The first kappa shape index (κ1) is 11.9. The molecule has 0 heterocycles. The fourth-order valence-electron chi connectivity index (χ4n) is 1.45. The zero-order chi connectivity index (χ0) is 11.6. The van der Waals surface area contributed by atoms with Crippen molar-refractivity contribution in [3.8, 4) is 5.75 Å². The first-order valence-corrected chi connectivity index (χ1v) is 4.76. The van der Waals surface area contributed by atoms with E-state index in [0.717, 1.165) is 5.56 Å². The minimum Gasteiger partial charge on any atom is -0.505 e. The summed E-state index contributed by atoms with van der Waals surface area (Å²) in [5, 5.41) is 18.7. The summed E-state index contributed by atoms with van der Waals surface area (Å²) < 4.78 is 13.3. The lowest BCUT2D eigenvalue weighted by molar-refractivity contribution is 0.193. The first-order chi connectivity index (χ1) is 6.91. The van der Waals surface area contributed by atoms with Gasteiger partial charge >= 0.3 is 0 Å². The molecular formula is C11H16FNO2. The van der Waals surface area contributed by atoms with Gasteiger partial charge in [-0.3, -0.25) is 0 Å². The highest BCUT2D eigenvalue weighted by Gasteiger charge is 2.13. The molecule has 0 aliphatic heterocycles. The van der Waals surface area contributed by atoms with Gasteiger partial charge in [0.25, 0.3) is 0 Å². The van der Waals surface area contributed by atoms with Crippen LogP contribution in [-0.2, 0) is 6.54 Å². The van der Waals surface area contributed by atoms with Gasteiger partial charge in [-0.05, 0) is 38.7 Å². The van der Waals surface area contributed by atoms with Crippen LogP contribution in [0.15, 0.2) is 12.1 Å². The molecule has 0 aliphatic carbocycles. The van der Waals surface area contributed by atoms with E-state index in [0.29, 0.717) is 6.54 Å². The second kappa shape index (κ2) is 4.59. The summed E-state index contributed by atoms with van der Waals surface area (Å²) in [6, 6.07) is 2.89. The Balaban J connectivity index is 3.11. The number of aromatic hydroxyl groups is 1. The van der Waals surface area contributed by atoms with E-state index in [4.69, 9.17) is 0 Å². The number of rotatable bonds is 3. The molecule has 0 aromatic heterocycles. The molecule has 1 unspecified atom stereocenters. The van der Waals surface area contributed by atoms with Gasteiger partial charge in [-0.2, -0.15) is 0 Å². The number of hydrogen-bond acceptors (Lipinski definition) is 3. The number of aliphatic hydroxyl groups is 1. The number of phenols is 1. The highest BCUT2D eigenvalue weighted by atomic mass is 19.1. The van der Waals surface area contributed by atoms with Gasteiger partial charge in [0.1, 0.15) is 0 Å². The van der Waals surface area contributed by atoms with Crippen molar-refractivity contribution in [1.82, 2.24) is 4.90 Å². The fourth-order valence-corrected chi connectivity index (χ4v) is 1.45. The van der Waals surface area contributed by atoms with Crippen molar-refractivity contribution in [1.29, 1.82) is 0 Å². The number of benzene rings is 1.